The normalized spacial score (nSPS) is 12.3. The van der Waals surface area contributed by atoms with E-state index in [2.05, 4.69) is 0 Å². The highest BCUT2D eigenvalue weighted by molar-refractivity contribution is 6.36. The smallest absolute Gasteiger partial charge is 0.266 e. The molecular formula is C49H63NO14. The molecule has 0 aliphatic carbocycles. The van der Waals surface area contributed by atoms with Crippen molar-refractivity contribution < 1.29 is 66.4 Å². The average Bonchev–Trinajstić information content (AvgIpc) is 3.58. The Kier molecular flexibility index (Phi) is 22.0. The second-order valence-corrected chi connectivity index (χ2v) is 14.4. The molecule has 15 nitrogen and oxygen atoms in total. The van der Waals surface area contributed by atoms with Gasteiger partial charge in [0.05, 0.1) is 116 Å². The number of nitrogens with zero attached hydrogens (tertiary/aromatic N) is 1. The van der Waals surface area contributed by atoms with Gasteiger partial charge in [0.15, 0.2) is 0 Å². The minimum atomic E-state index is -0.389. The van der Waals surface area contributed by atoms with E-state index < -0.39 is 0 Å². The first-order valence-corrected chi connectivity index (χ1v) is 21.6. The number of carbonyl (C=O) groups excluding carboxylic acids is 2. The number of ether oxygens (including phenoxy) is 12. The quantitative estimate of drug-likeness (QED) is 0.0373. The number of hydrogen-bond acceptors (Lipinski definition) is 14. The van der Waals surface area contributed by atoms with Gasteiger partial charge in [-0.25, -0.2) is 4.90 Å². The molecule has 2 amide bonds. The summed E-state index contributed by atoms with van der Waals surface area (Å²) in [6.07, 6.45) is 0. The fourth-order valence-corrected chi connectivity index (χ4v) is 6.98. The molecule has 0 aromatic heterocycles. The van der Waals surface area contributed by atoms with Crippen molar-refractivity contribution in [1.82, 2.24) is 0 Å². The molecule has 0 spiro atoms. The lowest BCUT2D eigenvalue weighted by atomic mass is 9.82. The van der Waals surface area contributed by atoms with E-state index in [1.165, 1.54) is 4.90 Å². The maximum absolute atomic E-state index is 14.4. The Balaban J connectivity index is 1.31. The molecule has 5 rings (SSSR count). The van der Waals surface area contributed by atoms with Crippen LogP contribution in [0, 0.1) is 13.8 Å². The Morgan fingerprint density at radius 1 is 0.344 bits per heavy atom. The van der Waals surface area contributed by atoms with E-state index in [-0.39, 0.29) is 11.8 Å². The van der Waals surface area contributed by atoms with E-state index in [4.69, 9.17) is 56.8 Å². The Morgan fingerprint density at radius 3 is 0.906 bits per heavy atom. The monoisotopic (exact) mass is 889 g/mol. The number of amides is 2. The van der Waals surface area contributed by atoms with Gasteiger partial charge in [-0.05, 0) is 95.8 Å². The van der Waals surface area contributed by atoms with Crippen LogP contribution in [0.4, 0.5) is 5.69 Å². The standard InChI is InChI=1S/C49H63NO14/c1-36-44(38-6-12-41(13-7-38)62-33-30-59-27-24-56-21-18-53-3)45(39-8-14-42(15-9-39)63-34-31-60-28-25-57-22-19-54-4)37(2)47-46(36)48(51)50(49(47)52)40-10-16-43(17-11-40)64-35-32-61-29-26-58-23-20-55-5/h6-17H,18-35H2,1-5H3. The first-order chi connectivity index (χ1) is 31.4. The molecule has 15 heteroatoms. The van der Waals surface area contributed by atoms with Gasteiger partial charge in [-0.2, -0.15) is 0 Å². The molecule has 0 unspecified atom stereocenters. The summed E-state index contributed by atoms with van der Waals surface area (Å²) < 4.78 is 65.9. The maximum Gasteiger partial charge on any atom is 0.266 e. The summed E-state index contributed by atoms with van der Waals surface area (Å²) in [6.45, 7) is 12.0. The molecule has 0 atom stereocenters. The number of rotatable bonds is 33. The van der Waals surface area contributed by atoms with Crippen molar-refractivity contribution in [1.29, 1.82) is 0 Å². The van der Waals surface area contributed by atoms with Gasteiger partial charge in [0, 0.05) is 21.3 Å². The summed E-state index contributed by atoms with van der Waals surface area (Å²) in [5, 5.41) is 0. The summed E-state index contributed by atoms with van der Waals surface area (Å²) in [5.74, 6) is 1.15. The summed E-state index contributed by atoms with van der Waals surface area (Å²) >= 11 is 0. The Hall–Kier alpha value is -4.94. The van der Waals surface area contributed by atoms with Crippen molar-refractivity contribution >= 4 is 17.5 Å². The third kappa shape index (κ3) is 14.8. The second kappa shape index (κ2) is 28.1. The van der Waals surface area contributed by atoms with Crippen LogP contribution in [-0.2, 0) is 42.6 Å². The zero-order chi connectivity index (χ0) is 45.4. The van der Waals surface area contributed by atoms with E-state index in [0.717, 1.165) is 22.3 Å². The second-order valence-electron chi connectivity index (χ2n) is 14.4. The molecule has 0 saturated heterocycles. The van der Waals surface area contributed by atoms with Gasteiger partial charge in [0.1, 0.15) is 37.1 Å². The molecule has 64 heavy (non-hydrogen) atoms. The van der Waals surface area contributed by atoms with Crippen LogP contribution in [-0.4, -0.2) is 152 Å². The topological polar surface area (TPSA) is 148 Å². The molecular weight excluding hydrogens is 827 g/mol. The molecule has 1 heterocycles. The van der Waals surface area contributed by atoms with Gasteiger partial charge >= 0.3 is 0 Å². The average molecular weight is 890 g/mol. The SMILES string of the molecule is COCCOCCOCCOc1ccc(-c2c(C)c3c(c(C)c2-c2ccc(OCCOCCOCCOC)cc2)C(=O)N(c2ccc(OCCOCCOCCOC)cc2)C3=O)cc1. The summed E-state index contributed by atoms with van der Waals surface area (Å²) in [7, 11) is 4.90. The summed E-state index contributed by atoms with van der Waals surface area (Å²) in [6, 6.07) is 22.4. The molecule has 0 bridgehead atoms. The lowest BCUT2D eigenvalue weighted by molar-refractivity contribution is 0.0180. The van der Waals surface area contributed by atoms with Gasteiger partial charge < -0.3 is 56.8 Å². The van der Waals surface area contributed by atoms with E-state index in [1.54, 1.807) is 45.6 Å². The fraction of sp³-hybridized carbons (Fsp3) is 0.469. The maximum atomic E-state index is 14.4. The summed E-state index contributed by atoms with van der Waals surface area (Å²) in [5.41, 5.74) is 5.98. The molecule has 1 aliphatic heterocycles. The van der Waals surface area contributed by atoms with Gasteiger partial charge in [0.25, 0.3) is 11.8 Å². The van der Waals surface area contributed by atoms with Crippen molar-refractivity contribution in [3.63, 3.8) is 0 Å². The first kappa shape index (κ1) is 50.1. The number of imide groups is 1. The Morgan fingerprint density at radius 2 is 0.609 bits per heavy atom. The van der Waals surface area contributed by atoms with Crippen LogP contribution in [0.15, 0.2) is 72.8 Å². The van der Waals surface area contributed by atoms with Crippen LogP contribution in [0.2, 0.25) is 0 Å². The van der Waals surface area contributed by atoms with Crippen molar-refractivity contribution in [3.8, 4) is 39.5 Å². The van der Waals surface area contributed by atoms with Crippen LogP contribution in [0.5, 0.6) is 17.2 Å². The number of anilines is 1. The molecule has 348 valence electrons. The molecule has 4 aromatic carbocycles. The highest BCUT2D eigenvalue weighted by atomic mass is 16.6. The first-order valence-electron chi connectivity index (χ1n) is 21.6. The van der Waals surface area contributed by atoms with Gasteiger partial charge in [0.2, 0.25) is 0 Å². The number of fused-ring (bicyclic) bond motifs is 1. The Labute approximate surface area is 376 Å². The largest absolute Gasteiger partial charge is 0.491 e. The molecule has 0 N–H and O–H groups in total. The lowest BCUT2D eigenvalue weighted by Gasteiger charge is -2.20. The highest BCUT2D eigenvalue weighted by Crippen LogP contribution is 2.45. The third-order valence-corrected chi connectivity index (χ3v) is 10.1. The summed E-state index contributed by atoms with van der Waals surface area (Å²) in [4.78, 5) is 30.0. The van der Waals surface area contributed by atoms with E-state index in [0.29, 0.717) is 164 Å². The van der Waals surface area contributed by atoms with Gasteiger partial charge in [-0.3, -0.25) is 9.59 Å². The third-order valence-electron chi connectivity index (χ3n) is 10.1. The highest BCUT2D eigenvalue weighted by Gasteiger charge is 2.41. The number of hydrogen-bond donors (Lipinski definition) is 0. The van der Waals surface area contributed by atoms with Crippen molar-refractivity contribution in [2.75, 3.05) is 145 Å². The van der Waals surface area contributed by atoms with Crippen LogP contribution in [0.3, 0.4) is 0 Å². The molecule has 4 aromatic rings. The van der Waals surface area contributed by atoms with Crippen molar-refractivity contribution in [2.24, 2.45) is 0 Å². The van der Waals surface area contributed by atoms with Crippen LogP contribution >= 0.6 is 0 Å². The molecule has 0 saturated carbocycles. The number of methoxy groups -OCH3 is 3. The molecule has 0 radical (unpaired) electrons. The zero-order valence-corrected chi connectivity index (χ0v) is 37.8. The van der Waals surface area contributed by atoms with Crippen LogP contribution in [0.25, 0.3) is 22.3 Å². The van der Waals surface area contributed by atoms with Crippen LogP contribution < -0.4 is 19.1 Å². The molecule has 1 aliphatic rings. The zero-order valence-electron chi connectivity index (χ0n) is 37.8. The Bertz CT molecular complexity index is 1880. The predicted octanol–water partition coefficient (Wildman–Crippen LogP) is 6.61. The fourth-order valence-electron chi connectivity index (χ4n) is 6.98. The van der Waals surface area contributed by atoms with Crippen molar-refractivity contribution in [3.05, 3.63) is 95.1 Å². The minimum absolute atomic E-state index is 0.329. The van der Waals surface area contributed by atoms with Crippen LogP contribution in [0.1, 0.15) is 31.8 Å². The van der Waals surface area contributed by atoms with Gasteiger partial charge in [-0.1, -0.05) is 24.3 Å². The molecule has 0 fully saturated rings. The number of benzene rings is 4. The number of carbonyl (C=O) groups is 2. The van der Waals surface area contributed by atoms with E-state index in [9.17, 15) is 9.59 Å². The van der Waals surface area contributed by atoms with E-state index in [1.807, 2.05) is 62.4 Å². The van der Waals surface area contributed by atoms with E-state index >= 15 is 0 Å². The van der Waals surface area contributed by atoms with Crippen molar-refractivity contribution in [2.45, 2.75) is 13.8 Å². The lowest BCUT2D eigenvalue weighted by Crippen LogP contribution is -2.29. The minimum Gasteiger partial charge on any atom is -0.491 e. The predicted molar refractivity (Wildman–Crippen MR) is 241 cm³/mol. The van der Waals surface area contributed by atoms with Gasteiger partial charge in [-0.15, -0.1) is 0 Å².